The monoisotopic (exact) mass is 645 g/mol. The van der Waals surface area contributed by atoms with E-state index in [4.69, 9.17) is 9.47 Å². The molecule has 4 aromatic carbocycles. The summed E-state index contributed by atoms with van der Waals surface area (Å²) in [5, 5.41) is 22.6. The fourth-order valence-corrected chi connectivity index (χ4v) is 8.06. The zero-order valence-electron chi connectivity index (χ0n) is 28.2. The standard InChI is InChI=1S/C42H44FNO4/c1-5-10-29(43)12-8-20-42(28-15-17-30(18-16-28)44-22-9-11-27(25-44)26-45)21-19-32-39-38(31-13-6-7-14-35(31)41(39,2)3)33-23-36(46)37(47-4)24-34(33)40(32)48-42/h6-8,10,12-19,21,23-24,27,45-46H,5,9,11,20,22,25-26H2,1-4H3/b12-8-,29-10+. The maximum absolute atomic E-state index is 14.6. The summed E-state index contributed by atoms with van der Waals surface area (Å²) in [6.07, 6.45) is 12.4. The molecule has 0 radical (unpaired) electrons. The lowest BCUT2D eigenvalue weighted by molar-refractivity contribution is 0.122. The number of phenols is 1. The summed E-state index contributed by atoms with van der Waals surface area (Å²) in [4.78, 5) is 2.34. The van der Waals surface area contributed by atoms with Gasteiger partial charge in [0, 0.05) is 48.2 Å². The van der Waals surface area contributed by atoms with Gasteiger partial charge >= 0.3 is 0 Å². The number of piperidine rings is 1. The quantitative estimate of drug-likeness (QED) is 0.187. The van der Waals surface area contributed by atoms with E-state index in [1.807, 2.05) is 19.1 Å². The number of ether oxygens (including phenoxy) is 2. The van der Waals surface area contributed by atoms with Crippen molar-refractivity contribution in [3.63, 3.8) is 0 Å². The van der Waals surface area contributed by atoms with Gasteiger partial charge in [-0.1, -0.05) is 69.3 Å². The maximum Gasteiger partial charge on any atom is 0.161 e. The van der Waals surface area contributed by atoms with Gasteiger partial charge in [-0.05, 0) is 101 Å². The SMILES string of the molecule is CC/C=C(F)\C=C/CC1(c2ccc(N3CCCC(CO)C3)cc2)C=Cc2c3c(c4cc(O)c(OC)cc4c2O1)-c1ccccc1C3(C)C. The molecule has 2 aliphatic heterocycles. The smallest absolute Gasteiger partial charge is 0.161 e. The Morgan fingerprint density at radius 1 is 1.10 bits per heavy atom. The molecular weight excluding hydrogens is 601 g/mol. The Balaban J connectivity index is 1.40. The first kappa shape index (κ1) is 32.0. The molecule has 0 saturated carbocycles. The maximum atomic E-state index is 14.6. The average Bonchev–Trinajstić information content (AvgIpc) is 3.35. The van der Waals surface area contributed by atoms with Gasteiger partial charge in [-0.15, -0.1) is 0 Å². The largest absolute Gasteiger partial charge is 0.504 e. The molecule has 2 N–H and O–H groups in total. The zero-order valence-corrected chi connectivity index (χ0v) is 28.2. The normalized spacial score (nSPS) is 21.2. The highest BCUT2D eigenvalue weighted by molar-refractivity contribution is 6.09. The fraction of sp³-hybridized carbons (Fsp3) is 0.333. The van der Waals surface area contributed by atoms with E-state index in [9.17, 15) is 14.6 Å². The number of hydrogen-bond acceptors (Lipinski definition) is 5. The second-order valence-corrected chi connectivity index (χ2v) is 13.8. The number of phenolic OH excluding ortho intramolecular Hbond substituents is 1. The van der Waals surface area contributed by atoms with Crippen molar-refractivity contribution in [2.45, 2.75) is 57.5 Å². The van der Waals surface area contributed by atoms with Crippen LogP contribution in [0.3, 0.4) is 0 Å². The van der Waals surface area contributed by atoms with Crippen molar-refractivity contribution in [2.24, 2.45) is 5.92 Å². The minimum atomic E-state index is -0.925. The molecule has 0 amide bonds. The van der Waals surface area contributed by atoms with Crippen LogP contribution in [0.2, 0.25) is 0 Å². The highest BCUT2D eigenvalue weighted by Crippen LogP contribution is 2.58. The van der Waals surface area contributed by atoms with Crippen molar-refractivity contribution in [1.82, 2.24) is 0 Å². The Hall–Kier alpha value is -4.55. The van der Waals surface area contributed by atoms with Crippen LogP contribution in [0.4, 0.5) is 10.1 Å². The first-order chi connectivity index (χ1) is 23.2. The lowest BCUT2D eigenvalue weighted by atomic mass is 9.77. The molecule has 2 atom stereocenters. The Bertz CT molecular complexity index is 1960. The van der Waals surface area contributed by atoms with Gasteiger partial charge in [-0.2, -0.15) is 0 Å². The number of aliphatic hydroxyl groups excluding tert-OH is 1. The van der Waals surface area contributed by atoms with Gasteiger partial charge in [0.15, 0.2) is 17.1 Å². The molecule has 4 aromatic rings. The van der Waals surface area contributed by atoms with Crippen LogP contribution in [0.5, 0.6) is 17.2 Å². The minimum absolute atomic E-state index is 0.0739. The first-order valence-electron chi connectivity index (χ1n) is 17.1. The second kappa shape index (κ2) is 12.5. The van der Waals surface area contributed by atoms with E-state index in [2.05, 4.69) is 79.4 Å². The summed E-state index contributed by atoms with van der Waals surface area (Å²) in [5.41, 5.74) is 6.47. The number of benzene rings is 4. The molecule has 2 heterocycles. The topological polar surface area (TPSA) is 62.2 Å². The van der Waals surface area contributed by atoms with Gasteiger partial charge in [0.2, 0.25) is 0 Å². The summed E-state index contributed by atoms with van der Waals surface area (Å²) in [7, 11) is 1.56. The van der Waals surface area contributed by atoms with E-state index in [1.54, 1.807) is 19.3 Å². The van der Waals surface area contributed by atoms with E-state index < -0.39 is 5.60 Å². The molecule has 7 rings (SSSR count). The van der Waals surface area contributed by atoms with Crippen LogP contribution in [0.1, 0.15) is 68.7 Å². The van der Waals surface area contributed by atoms with Crippen LogP contribution in [0.25, 0.3) is 28.0 Å². The van der Waals surface area contributed by atoms with Gasteiger partial charge in [0.1, 0.15) is 11.6 Å². The van der Waals surface area contributed by atoms with Crippen LogP contribution in [-0.4, -0.2) is 37.0 Å². The van der Waals surface area contributed by atoms with Gasteiger partial charge in [0.25, 0.3) is 0 Å². The third-order valence-corrected chi connectivity index (χ3v) is 10.5. The molecule has 0 bridgehead atoms. The Kier molecular flexibility index (Phi) is 8.32. The number of allylic oxidation sites excluding steroid dienone is 3. The van der Waals surface area contributed by atoms with Crippen molar-refractivity contribution >= 4 is 22.5 Å². The highest BCUT2D eigenvalue weighted by atomic mass is 19.1. The number of fused-ring (bicyclic) bond motifs is 8. The third-order valence-electron chi connectivity index (χ3n) is 10.5. The molecule has 248 valence electrons. The number of aliphatic hydroxyl groups is 1. The van der Waals surface area contributed by atoms with Gasteiger partial charge < -0.3 is 24.6 Å². The number of methoxy groups -OCH3 is 1. The number of hydrogen-bond donors (Lipinski definition) is 2. The van der Waals surface area contributed by atoms with Crippen LogP contribution in [0, 0.1) is 5.92 Å². The molecule has 0 spiro atoms. The lowest BCUT2D eigenvalue weighted by Gasteiger charge is -2.38. The summed E-state index contributed by atoms with van der Waals surface area (Å²) >= 11 is 0. The molecule has 3 aliphatic rings. The first-order valence-corrected chi connectivity index (χ1v) is 17.1. The zero-order chi connectivity index (χ0) is 33.6. The van der Waals surface area contributed by atoms with E-state index >= 15 is 0 Å². The Morgan fingerprint density at radius 3 is 2.65 bits per heavy atom. The summed E-state index contributed by atoms with van der Waals surface area (Å²) in [5.74, 6) is 1.18. The van der Waals surface area contributed by atoms with E-state index in [0.717, 1.165) is 70.2 Å². The predicted molar refractivity (Wildman–Crippen MR) is 193 cm³/mol. The fourth-order valence-electron chi connectivity index (χ4n) is 8.06. The molecule has 1 aliphatic carbocycles. The van der Waals surface area contributed by atoms with Crippen LogP contribution < -0.4 is 14.4 Å². The third kappa shape index (κ3) is 5.27. The number of nitrogens with zero attached hydrogens (tertiary/aromatic N) is 1. The van der Waals surface area contributed by atoms with Crippen LogP contribution >= 0.6 is 0 Å². The summed E-state index contributed by atoms with van der Waals surface area (Å²) < 4.78 is 27.5. The van der Waals surface area contributed by atoms with Crippen molar-refractivity contribution in [2.75, 3.05) is 31.7 Å². The lowest BCUT2D eigenvalue weighted by Crippen LogP contribution is -2.37. The van der Waals surface area contributed by atoms with Crippen molar-refractivity contribution in [1.29, 1.82) is 0 Å². The van der Waals surface area contributed by atoms with E-state index in [-0.39, 0.29) is 29.5 Å². The van der Waals surface area contributed by atoms with Crippen LogP contribution in [-0.2, 0) is 11.0 Å². The second-order valence-electron chi connectivity index (χ2n) is 13.8. The van der Waals surface area contributed by atoms with Crippen molar-refractivity contribution in [3.8, 4) is 28.4 Å². The van der Waals surface area contributed by atoms with Crippen molar-refractivity contribution < 1.29 is 24.1 Å². The summed E-state index contributed by atoms with van der Waals surface area (Å²) in [6.45, 7) is 8.40. The van der Waals surface area contributed by atoms with E-state index in [1.165, 1.54) is 11.6 Å². The molecule has 0 aromatic heterocycles. The molecule has 6 heteroatoms. The molecule has 1 fully saturated rings. The molecule has 5 nitrogen and oxygen atoms in total. The molecular formula is C42H44FNO4. The summed E-state index contributed by atoms with van der Waals surface area (Å²) in [6, 6.07) is 20.6. The number of halogens is 1. The molecule has 48 heavy (non-hydrogen) atoms. The number of anilines is 1. The molecule has 1 saturated heterocycles. The van der Waals surface area contributed by atoms with Crippen LogP contribution in [0.15, 0.2) is 90.8 Å². The number of rotatable bonds is 8. The Labute approximate surface area is 282 Å². The minimum Gasteiger partial charge on any atom is -0.504 e. The average molecular weight is 646 g/mol. The predicted octanol–water partition coefficient (Wildman–Crippen LogP) is 9.58. The van der Waals surface area contributed by atoms with Gasteiger partial charge in [0.05, 0.1) is 7.11 Å². The number of aromatic hydroxyl groups is 1. The van der Waals surface area contributed by atoms with Gasteiger partial charge in [-0.25, -0.2) is 4.39 Å². The molecule has 2 unspecified atom stereocenters. The highest BCUT2D eigenvalue weighted by Gasteiger charge is 2.43. The van der Waals surface area contributed by atoms with Gasteiger partial charge in [-0.3, -0.25) is 0 Å². The Morgan fingerprint density at radius 2 is 1.90 bits per heavy atom. The van der Waals surface area contributed by atoms with Crippen molar-refractivity contribution in [3.05, 3.63) is 113 Å². The van der Waals surface area contributed by atoms with E-state index in [0.29, 0.717) is 24.3 Å².